The normalized spacial score (nSPS) is 25.1. The average Bonchev–Trinajstić information content (AvgIpc) is 3.36. The van der Waals surface area contributed by atoms with Crippen molar-refractivity contribution in [2.45, 2.75) is 77.2 Å². The molecular weight excluding hydrogens is 510 g/mol. The molecule has 5 atom stereocenters. The Bertz CT molecular complexity index is 1090. The number of nitrogens with one attached hydrogen (secondary N) is 2. The van der Waals surface area contributed by atoms with Crippen LogP contribution in [0, 0.1) is 5.92 Å². The summed E-state index contributed by atoms with van der Waals surface area (Å²) in [7, 11) is 0. The number of β-amino-alcohol motifs (C(OH)–C–C–N with tert-alkyl or cyclic N) is 1. The number of anilines is 1. The van der Waals surface area contributed by atoms with Crippen molar-refractivity contribution in [2.24, 2.45) is 5.92 Å². The van der Waals surface area contributed by atoms with Crippen LogP contribution in [0.1, 0.15) is 75.0 Å². The fourth-order valence-corrected chi connectivity index (χ4v) is 5.36. The van der Waals surface area contributed by atoms with Crippen LogP contribution in [0.15, 0.2) is 48.5 Å². The molecule has 0 aliphatic carbocycles. The zero-order chi connectivity index (χ0) is 28.5. The first-order valence-corrected chi connectivity index (χ1v) is 14.4. The SMILES string of the molecule is CC(=O)NCCCCCC(=O)Nc1ccc([C@@H]2O[C@H](CN3CC[C@H](O)C3)[C@H](C)[C@H](c3ccc(CO)cc3)O2)cc1. The van der Waals surface area contributed by atoms with E-state index < -0.39 is 6.29 Å². The lowest BCUT2D eigenvalue weighted by Crippen LogP contribution is -2.44. The molecule has 4 rings (SSSR count). The summed E-state index contributed by atoms with van der Waals surface area (Å²) in [5.41, 5.74) is 3.47. The van der Waals surface area contributed by atoms with Gasteiger partial charge in [-0.15, -0.1) is 0 Å². The monoisotopic (exact) mass is 553 g/mol. The van der Waals surface area contributed by atoms with Gasteiger partial charge in [-0.1, -0.05) is 49.7 Å². The molecule has 0 unspecified atom stereocenters. The molecule has 9 heteroatoms. The second-order valence-corrected chi connectivity index (χ2v) is 11.0. The highest BCUT2D eigenvalue weighted by atomic mass is 16.7. The number of aliphatic hydroxyl groups excluding tert-OH is 2. The largest absolute Gasteiger partial charge is 0.392 e. The van der Waals surface area contributed by atoms with Crippen LogP contribution in [-0.4, -0.2) is 65.3 Å². The molecule has 0 aromatic heterocycles. The lowest BCUT2D eigenvalue weighted by molar-refractivity contribution is -0.276. The fourth-order valence-electron chi connectivity index (χ4n) is 5.36. The van der Waals surface area contributed by atoms with E-state index in [0.29, 0.717) is 26.1 Å². The van der Waals surface area contributed by atoms with Crippen molar-refractivity contribution in [1.29, 1.82) is 0 Å². The second kappa shape index (κ2) is 14.7. The Balaban J connectivity index is 1.38. The number of hydrogen-bond donors (Lipinski definition) is 4. The van der Waals surface area contributed by atoms with Crippen LogP contribution in [-0.2, 0) is 25.7 Å². The zero-order valence-electron chi connectivity index (χ0n) is 23.6. The van der Waals surface area contributed by atoms with Gasteiger partial charge in [0.1, 0.15) is 0 Å². The van der Waals surface area contributed by atoms with Crippen LogP contribution in [0.3, 0.4) is 0 Å². The molecular formula is C31H43N3O6. The number of nitrogens with zero attached hydrogens (tertiary/aromatic N) is 1. The number of benzene rings is 2. The summed E-state index contributed by atoms with van der Waals surface area (Å²) in [6.07, 6.45) is 2.53. The van der Waals surface area contributed by atoms with Crippen LogP contribution >= 0.6 is 0 Å². The minimum absolute atomic E-state index is 0.00546. The number of carbonyl (C=O) groups excluding carboxylic acids is 2. The van der Waals surface area contributed by atoms with Gasteiger partial charge in [0, 0.05) is 56.7 Å². The molecule has 40 heavy (non-hydrogen) atoms. The highest BCUT2D eigenvalue weighted by molar-refractivity contribution is 5.90. The molecule has 9 nitrogen and oxygen atoms in total. The van der Waals surface area contributed by atoms with Crippen molar-refractivity contribution in [1.82, 2.24) is 10.2 Å². The van der Waals surface area contributed by atoms with E-state index in [-0.39, 0.29) is 42.7 Å². The molecule has 0 radical (unpaired) electrons. The van der Waals surface area contributed by atoms with Gasteiger partial charge in [-0.25, -0.2) is 0 Å². The van der Waals surface area contributed by atoms with Crippen molar-refractivity contribution in [3.63, 3.8) is 0 Å². The number of likely N-dealkylation sites (tertiary alicyclic amines) is 1. The summed E-state index contributed by atoms with van der Waals surface area (Å²) in [6, 6.07) is 15.4. The molecule has 0 bridgehead atoms. The van der Waals surface area contributed by atoms with Gasteiger partial charge in [-0.05, 0) is 42.5 Å². The van der Waals surface area contributed by atoms with E-state index in [1.807, 2.05) is 48.5 Å². The Labute approximate surface area is 236 Å². The van der Waals surface area contributed by atoms with Gasteiger partial charge in [-0.3, -0.25) is 14.5 Å². The van der Waals surface area contributed by atoms with Crippen molar-refractivity contribution in [3.05, 3.63) is 65.2 Å². The highest BCUT2D eigenvalue weighted by Gasteiger charge is 2.39. The van der Waals surface area contributed by atoms with E-state index in [9.17, 15) is 19.8 Å². The van der Waals surface area contributed by atoms with Gasteiger partial charge < -0.3 is 30.3 Å². The van der Waals surface area contributed by atoms with Crippen molar-refractivity contribution in [2.75, 3.05) is 31.5 Å². The number of unbranched alkanes of at least 4 members (excludes halogenated alkanes) is 2. The number of hydrogen-bond acceptors (Lipinski definition) is 7. The lowest BCUT2D eigenvalue weighted by atomic mass is 9.90. The van der Waals surface area contributed by atoms with E-state index in [1.54, 1.807) is 0 Å². The van der Waals surface area contributed by atoms with Gasteiger partial charge in [-0.2, -0.15) is 0 Å². The highest BCUT2D eigenvalue weighted by Crippen LogP contribution is 2.42. The van der Waals surface area contributed by atoms with Crippen molar-refractivity contribution in [3.8, 4) is 0 Å². The minimum Gasteiger partial charge on any atom is -0.392 e. The number of aliphatic hydroxyl groups is 2. The quantitative estimate of drug-likeness (QED) is 0.296. The fraction of sp³-hybridized carbons (Fsp3) is 0.548. The van der Waals surface area contributed by atoms with Crippen LogP contribution in [0.25, 0.3) is 0 Å². The molecule has 2 saturated heterocycles. The van der Waals surface area contributed by atoms with E-state index in [2.05, 4.69) is 22.5 Å². The molecule has 0 saturated carbocycles. The van der Waals surface area contributed by atoms with Gasteiger partial charge in [0.15, 0.2) is 6.29 Å². The first-order valence-electron chi connectivity index (χ1n) is 14.4. The van der Waals surface area contributed by atoms with Crippen LogP contribution < -0.4 is 10.6 Å². The molecule has 2 heterocycles. The molecule has 2 aliphatic rings. The summed E-state index contributed by atoms with van der Waals surface area (Å²) < 4.78 is 13.0. The maximum Gasteiger partial charge on any atom is 0.224 e. The average molecular weight is 554 g/mol. The van der Waals surface area contributed by atoms with Crippen LogP contribution in [0.5, 0.6) is 0 Å². The topological polar surface area (TPSA) is 120 Å². The molecule has 2 fully saturated rings. The minimum atomic E-state index is -0.579. The molecule has 4 N–H and O–H groups in total. The van der Waals surface area contributed by atoms with Crippen LogP contribution in [0.4, 0.5) is 5.69 Å². The smallest absolute Gasteiger partial charge is 0.224 e. The third-order valence-electron chi connectivity index (χ3n) is 7.73. The number of carbonyl (C=O) groups is 2. The van der Waals surface area contributed by atoms with E-state index in [0.717, 1.165) is 54.6 Å². The molecule has 0 spiro atoms. The number of rotatable bonds is 12. The van der Waals surface area contributed by atoms with Gasteiger partial charge in [0.05, 0.1) is 24.9 Å². The number of ether oxygens (including phenoxy) is 2. The van der Waals surface area contributed by atoms with Crippen molar-refractivity contribution < 1.29 is 29.3 Å². The molecule has 218 valence electrons. The van der Waals surface area contributed by atoms with E-state index in [4.69, 9.17) is 9.47 Å². The Morgan fingerprint density at radius 2 is 1.73 bits per heavy atom. The molecule has 2 amide bonds. The first-order chi connectivity index (χ1) is 19.3. The second-order valence-electron chi connectivity index (χ2n) is 11.0. The predicted octanol–water partition coefficient (Wildman–Crippen LogP) is 3.67. The summed E-state index contributed by atoms with van der Waals surface area (Å²) >= 11 is 0. The third-order valence-corrected chi connectivity index (χ3v) is 7.73. The van der Waals surface area contributed by atoms with E-state index >= 15 is 0 Å². The van der Waals surface area contributed by atoms with Crippen LogP contribution in [0.2, 0.25) is 0 Å². The number of amides is 2. The van der Waals surface area contributed by atoms with E-state index in [1.165, 1.54) is 6.92 Å². The Kier molecular flexibility index (Phi) is 11.1. The first kappa shape index (κ1) is 30.1. The van der Waals surface area contributed by atoms with Gasteiger partial charge in [0.25, 0.3) is 0 Å². The van der Waals surface area contributed by atoms with Gasteiger partial charge in [0.2, 0.25) is 11.8 Å². The summed E-state index contributed by atoms with van der Waals surface area (Å²) in [5, 5.41) is 25.2. The zero-order valence-corrected chi connectivity index (χ0v) is 23.6. The predicted molar refractivity (Wildman–Crippen MR) is 152 cm³/mol. The summed E-state index contributed by atoms with van der Waals surface area (Å²) in [6.45, 7) is 6.47. The Hall–Kier alpha value is -2.82. The summed E-state index contributed by atoms with van der Waals surface area (Å²) in [5.74, 6) is 0.00481. The standard InChI is InChI=1S/C31H43N3O6/c1-21-28(19-34-17-15-27(37)18-34)39-31(40-30(21)24-9-7-23(20-35)8-10-24)25-11-13-26(14-12-25)33-29(38)6-4-3-5-16-32-22(2)36/h7-14,21,27-28,30-31,35,37H,3-6,15-20H2,1-2H3,(H,32,36)(H,33,38)/t21-,27-,28+,30+,31+/m0/s1. The Morgan fingerprint density at radius 3 is 2.38 bits per heavy atom. The maximum atomic E-state index is 12.4. The molecule has 2 aromatic rings. The molecule has 2 aliphatic heterocycles. The van der Waals surface area contributed by atoms with Crippen molar-refractivity contribution >= 4 is 17.5 Å². The van der Waals surface area contributed by atoms with Gasteiger partial charge >= 0.3 is 0 Å². The third kappa shape index (κ3) is 8.59. The lowest BCUT2D eigenvalue weighted by Gasteiger charge is -2.42. The maximum absolute atomic E-state index is 12.4. The Morgan fingerprint density at radius 1 is 1.00 bits per heavy atom. The molecule has 2 aromatic carbocycles. The summed E-state index contributed by atoms with van der Waals surface area (Å²) in [4.78, 5) is 25.6.